The van der Waals surface area contributed by atoms with Crippen molar-refractivity contribution in [3.05, 3.63) is 58.6 Å². The van der Waals surface area contributed by atoms with Crippen LogP contribution in [0.1, 0.15) is 76.2 Å². The molecule has 0 amide bonds. The summed E-state index contributed by atoms with van der Waals surface area (Å²) >= 11 is 5.61. The predicted octanol–water partition coefficient (Wildman–Crippen LogP) is 9.39. The first-order valence-corrected chi connectivity index (χ1v) is 15.6. The third-order valence-corrected chi connectivity index (χ3v) is 12.2. The lowest BCUT2D eigenvalue weighted by Gasteiger charge is -2.32. The van der Waals surface area contributed by atoms with Crippen molar-refractivity contribution in [1.29, 1.82) is 0 Å². The summed E-state index contributed by atoms with van der Waals surface area (Å²) < 4.78 is 27.6. The Bertz CT molecular complexity index is 842. The Kier molecular flexibility index (Phi) is 8.45. The summed E-state index contributed by atoms with van der Waals surface area (Å²) in [5.74, 6) is 1.13. The Morgan fingerprint density at radius 3 is 1.94 bits per heavy atom. The molecule has 0 bridgehead atoms. The Morgan fingerprint density at radius 2 is 1.38 bits per heavy atom. The van der Waals surface area contributed by atoms with Crippen molar-refractivity contribution >= 4 is 20.4 Å². The highest BCUT2D eigenvalue weighted by Crippen LogP contribution is 2.40. The molecule has 4 heteroatoms. The Balaban J connectivity index is 1.24. The second kappa shape index (κ2) is 11.3. The molecule has 1 saturated carbocycles. The lowest BCUT2D eigenvalue weighted by Crippen LogP contribution is -2.22. The van der Waals surface area contributed by atoms with Crippen LogP contribution >= 0.6 is 11.6 Å². The molecular formula is C28H37ClF2Si. The van der Waals surface area contributed by atoms with Crippen molar-refractivity contribution in [1.82, 2.24) is 0 Å². The van der Waals surface area contributed by atoms with Crippen LogP contribution < -0.4 is 0 Å². The molecule has 0 radical (unpaired) electrons. The molecule has 4 rings (SSSR count). The van der Waals surface area contributed by atoms with Crippen LogP contribution in [0.3, 0.4) is 0 Å². The highest BCUT2D eigenvalue weighted by atomic mass is 35.5. The first-order chi connectivity index (χ1) is 15.5. The molecule has 2 fully saturated rings. The fraction of sp³-hybridized carbons (Fsp3) is 0.571. The zero-order valence-corrected chi connectivity index (χ0v) is 21.3. The smallest absolute Gasteiger partial charge is 0.145 e. The van der Waals surface area contributed by atoms with Gasteiger partial charge in [0.1, 0.15) is 16.7 Å². The molecule has 1 heterocycles. The molecule has 32 heavy (non-hydrogen) atoms. The van der Waals surface area contributed by atoms with Crippen molar-refractivity contribution in [2.24, 2.45) is 11.8 Å². The molecule has 0 N–H and O–H groups in total. The van der Waals surface area contributed by atoms with Crippen molar-refractivity contribution < 1.29 is 8.78 Å². The Morgan fingerprint density at radius 1 is 0.812 bits per heavy atom. The summed E-state index contributed by atoms with van der Waals surface area (Å²) in [5.41, 5.74) is 2.72. The summed E-state index contributed by atoms with van der Waals surface area (Å²) in [6.45, 7) is 2.35. The van der Waals surface area contributed by atoms with Crippen LogP contribution in [0.25, 0.3) is 11.1 Å². The van der Waals surface area contributed by atoms with Gasteiger partial charge in [-0.2, -0.15) is 0 Å². The molecule has 2 aromatic rings. The van der Waals surface area contributed by atoms with Crippen LogP contribution in [-0.2, 0) is 0 Å². The molecule has 0 spiro atoms. The summed E-state index contributed by atoms with van der Waals surface area (Å²) in [5, 5.41) is -0.437. The zero-order chi connectivity index (χ0) is 22.5. The lowest BCUT2D eigenvalue weighted by atomic mass is 9.76. The van der Waals surface area contributed by atoms with E-state index in [0.29, 0.717) is 11.5 Å². The van der Waals surface area contributed by atoms with E-state index in [9.17, 15) is 8.78 Å². The first-order valence-electron chi connectivity index (χ1n) is 12.8. The highest BCUT2D eigenvalue weighted by molar-refractivity contribution is 6.58. The molecule has 174 valence electrons. The first kappa shape index (κ1) is 23.9. The maximum absolute atomic E-state index is 13.8. The van der Waals surface area contributed by atoms with E-state index in [1.54, 1.807) is 18.1 Å². The van der Waals surface area contributed by atoms with Crippen LogP contribution in [0.4, 0.5) is 8.78 Å². The molecular weight excluding hydrogens is 438 g/mol. The van der Waals surface area contributed by atoms with E-state index in [1.807, 2.05) is 12.1 Å². The van der Waals surface area contributed by atoms with Crippen molar-refractivity contribution in [3.8, 4) is 11.1 Å². The fourth-order valence-corrected chi connectivity index (χ4v) is 9.82. The predicted molar refractivity (Wildman–Crippen MR) is 135 cm³/mol. The maximum Gasteiger partial charge on any atom is 0.145 e. The van der Waals surface area contributed by atoms with E-state index >= 15 is 0 Å². The molecule has 0 unspecified atom stereocenters. The summed E-state index contributed by atoms with van der Waals surface area (Å²) in [7, 11) is -0.342. The lowest BCUT2D eigenvalue weighted by molar-refractivity contribution is 0.280. The third kappa shape index (κ3) is 6.02. The van der Waals surface area contributed by atoms with Crippen molar-refractivity contribution in [3.63, 3.8) is 0 Å². The Hall–Kier alpha value is -1.19. The van der Waals surface area contributed by atoms with Crippen molar-refractivity contribution in [2.75, 3.05) is 0 Å². The van der Waals surface area contributed by atoms with Gasteiger partial charge in [-0.15, -0.1) is 0 Å². The molecule has 2 aromatic carbocycles. The molecule has 2 aliphatic rings. The summed E-state index contributed by atoms with van der Waals surface area (Å²) in [4.78, 5) is 0. The molecule has 1 aliphatic heterocycles. The second-order valence-corrected chi connectivity index (χ2v) is 14.2. The average Bonchev–Trinajstić information content (AvgIpc) is 2.82. The number of halogens is 3. The minimum atomic E-state index is -0.708. The van der Waals surface area contributed by atoms with Crippen LogP contribution in [0.2, 0.25) is 23.2 Å². The Labute approximate surface area is 199 Å². The van der Waals surface area contributed by atoms with Gasteiger partial charge in [-0.05, 0) is 72.3 Å². The van der Waals surface area contributed by atoms with E-state index in [4.69, 9.17) is 11.6 Å². The van der Waals surface area contributed by atoms with E-state index in [-0.39, 0.29) is 8.80 Å². The SMILES string of the molecule is CCC[SiH]1CCC(CCC2CCC(c3ccc(-c4cc(F)c(Cl)c(F)c4)cc3)CC2)CC1. The third-order valence-electron chi connectivity index (χ3n) is 8.19. The standard InChI is InChI=1S/C28H37ClF2Si/c1-2-15-32-16-13-21(14-17-32)4-3-20-5-7-22(8-6-20)23-9-11-24(12-10-23)25-18-26(30)28(29)27(31)19-25/h9-12,18-22,32H,2-8,13-17H2,1H3. The van der Waals surface area contributed by atoms with Gasteiger partial charge in [0.15, 0.2) is 0 Å². The van der Waals surface area contributed by atoms with Crippen LogP contribution in [-0.4, -0.2) is 8.80 Å². The van der Waals surface area contributed by atoms with Crippen LogP contribution in [0, 0.1) is 23.5 Å². The van der Waals surface area contributed by atoms with E-state index in [0.717, 1.165) is 17.4 Å². The van der Waals surface area contributed by atoms with Crippen LogP contribution in [0.15, 0.2) is 36.4 Å². The molecule has 1 aliphatic carbocycles. The van der Waals surface area contributed by atoms with Crippen LogP contribution in [0.5, 0.6) is 0 Å². The van der Waals surface area contributed by atoms with Gasteiger partial charge in [-0.3, -0.25) is 0 Å². The van der Waals surface area contributed by atoms with Gasteiger partial charge in [0, 0.05) is 8.80 Å². The average molecular weight is 475 g/mol. The largest absolute Gasteiger partial charge is 0.205 e. The van der Waals surface area contributed by atoms with Gasteiger partial charge in [0.25, 0.3) is 0 Å². The highest BCUT2D eigenvalue weighted by Gasteiger charge is 2.25. The van der Waals surface area contributed by atoms with Gasteiger partial charge < -0.3 is 0 Å². The van der Waals surface area contributed by atoms with Gasteiger partial charge in [0.05, 0.1) is 0 Å². The van der Waals surface area contributed by atoms with Gasteiger partial charge in [-0.1, -0.05) is 93.0 Å². The van der Waals surface area contributed by atoms with Gasteiger partial charge >= 0.3 is 0 Å². The summed E-state index contributed by atoms with van der Waals surface area (Å²) in [6, 6.07) is 15.7. The van der Waals surface area contributed by atoms with E-state index < -0.39 is 16.7 Å². The quantitative estimate of drug-likeness (QED) is 0.277. The fourth-order valence-electron chi connectivity index (χ4n) is 6.14. The topological polar surface area (TPSA) is 0 Å². The second-order valence-electron chi connectivity index (χ2n) is 10.3. The van der Waals surface area contributed by atoms with Crippen molar-refractivity contribution in [2.45, 2.75) is 88.8 Å². The molecule has 0 aromatic heterocycles. The zero-order valence-electron chi connectivity index (χ0n) is 19.4. The molecule has 0 nitrogen and oxygen atoms in total. The number of benzene rings is 2. The van der Waals surface area contributed by atoms with Gasteiger partial charge in [-0.25, -0.2) is 8.78 Å². The summed E-state index contributed by atoms with van der Waals surface area (Å²) in [6.07, 6.45) is 12.6. The number of hydrogen-bond donors (Lipinski definition) is 0. The minimum Gasteiger partial charge on any atom is -0.205 e. The molecule has 1 saturated heterocycles. The maximum atomic E-state index is 13.8. The van der Waals surface area contributed by atoms with E-state index in [2.05, 4.69) is 19.1 Å². The van der Waals surface area contributed by atoms with Gasteiger partial charge in [0.2, 0.25) is 0 Å². The normalized spacial score (nSPS) is 26.2. The minimum absolute atomic E-state index is 0.342. The monoisotopic (exact) mass is 474 g/mol. The number of rotatable bonds is 7. The molecule has 0 atom stereocenters. The number of hydrogen-bond acceptors (Lipinski definition) is 0. The van der Waals surface area contributed by atoms with E-state index in [1.165, 1.54) is 75.5 Å².